The number of carbonyl (C=O) groups excluding carboxylic acids is 1. The molecule has 1 unspecified atom stereocenters. The van der Waals surface area contributed by atoms with E-state index in [1.165, 1.54) is 0 Å². The van der Waals surface area contributed by atoms with E-state index < -0.39 is 17.7 Å². The molecular weight excluding hydrogens is 206 g/mol. The van der Waals surface area contributed by atoms with E-state index in [9.17, 15) is 9.90 Å². The zero-order valence-corrected chi connectivity index (χ0v) is 9.98. The van der Waals surface area contributed by atoms with Crippen molar-refractivity contribution in [1.82, 2.24) is 6.15 Å². The second-order valence-electron chi connectivity index (χ2n) is 3.48. The number of hydrogen-bond acceptors (Lipinski definition) is 4. The minimum absolute atomic E-state index is 0. The summed E-state index contributed by atoms with van der Waals surface area (Å²) in [4.78, 5) is 11.0. The van der Waals surface area contributed by atoms with E-state index in [1.807, 2.05) is 0 Å². The second kappa shape index (κ2) is 6.81. The molecule has 86 valence electrons. The first-order chi connectivity index (χ1) is 5.25. The fraction of sp³-hybridized carbons (Fsp3) is 0.667. The Morgan fingerprint density at radius 3 is 2.07 bits per heavy atom. The molecule has 0 spiro atoms. The molecule has 0 saturated carbocycles. The third-order valence-electron chi connectivity index (χ3n) is 1.63. The standard InChI is InChI=1S/C9H16O3.ClH.H3N/c1-6(2)8(10)12-7(3)9(4,5)11;;/h7,11H,1H2,2-5H3;1H;1H3. The molecule has 0 radical (unpaired) electrons. The lowest BCUT2D eigenvalue weighted by Crippen LogP contribution is -2.37. The highest BCUT2D eigenvalue weighted by Gasteiger charge is 2.25. The van der Waals surface area contributed by atoms with Gasteiger partial charge in [-0.3, -0.25) is 0 Å². The lowest BCUT2D eigenvalue weighted by Gasteiger charge is -2.25. The topological polar surface area (TPSA) is 81.5 Å². The largest absolute Gasteiger partial charge is 0.456 e. The van der Waals surface area contributed by atoms with Crippen LogP contribution in [-0.2, 0) is 9.53 Å². The third kappa shape index (κ3) is 6.88. The highest BCUT2D eigenvalue weighted by molar-refractivity contribution is 5.87. The van der Waals surface area contributed by atoms with Gasteiger partial charge in [0.05, 0.1) is 5.60 Å². The molecule has 0 heterocycles. The van der Waals surface area contributed by atoms with Crippen LogP contribution in [0.3, 0.4) is 0 Å². The van der Waals surface area contributed by atoms with E-state index in [1.54, 1.807) is 27.7 Å². The van der Waals surface area contributed by atoms with Gasteiger partial charge in [0.15, 0.2) is 0 Å². The number of ether oxygens (including phenoxy) is 1. The minimum Gasteiger partial charge on any atom is -0.456 e. The van der Waals surface area contributed by atoms with E-state index in [0.717, 1.165) is 0 Å². The third-order valence-corrected chi connectivity index (χ3v) is 1.63. The average molecular weight is 226 g/mol. The Balaban J connectivity index is -0.000000605. The Hall–Kier alpha value is -0.580. The summed E-state index contributed by atoms with van der Waals surface area (Å²) in [5.74, 6) is -0.468. The molecule has 0 amide bonds. The van der Waals surface area contributed by atoms with Gasteiger partial charge in [-0.05, 0) is 27.7 Å². The van der Waals surface area contributed by atoms with E-state index >= 15 is 0 Å². The molecular formula is C9H20ClNO3. The first-order valence-electron chi connectivity index (χ1n) is 3.84. The van der Waals surface area contributed by atoms with Gasteiger partial charge in [0.2, 0.25) is 0 Å². The van der Waals surface area contributed by atoms with E-state index in [0.29, 0.717) is 5.57 Å². The number of hydrogen-bond donors (Lipinski definition) is 2. The molecule has 4 nitrogen and oxygen atoms in total. The highest BCUT2D eigenvalue weighted by Crippen LogP contribution is 2.12. The summed E-state index contributed by atoms with van der Waals surface area (Å²) < 4.78 is 4.89. The van der Waals surface area contributed by atoms with Crippen molar-refractivity contribution in [3.63, 3.8) is 0 Å². The summed E-state index contributed by atoms with van der Waals surface area (Å²) in [6.45, 7) is 9.82. The first kappa shape index (κ1) is 19.1. The Labute approximate surface area is 91.3 Å². The molecule has 14 heavy (non-hydrogen) atoms. The van der Waals surface area contributed by atoms with E-state index in [2.05, 4.69) is 6.58 Å². The van der Waals surface area contributed by atoms with Gasteiger partial charge in [0.25, 0.3) is 0 Å². The van der Waals surface area contributed by atoms with Gasteiger partial charge in [-0.2, -0.15) is 0 Å². The normalized spacial score (nSPS) is 11.8. The fourth-order valence-electron chi connectivity index (χ4n) is 0.405. The molecule has 5 heteroatoms. The summed E-state index contributed by atoms with van der Waals surface area (Å²) in [5, 5.41) is 9.41. The van der Waals surface area contributed by atoms with E-state index in [-0.39, 0.29) is 18.6 Å². The summed E-state index contributed by atoms with van der Waals surface area (Å²) in [7, 11) is 0. The van der Waals surface area contributed by atoms with Gasteiger partial charge in [0.1, 0.15) is 6.10 Å². The molecule has 0 fully saturated rings. The van der Waals surface area contributed by atoms with Crippen molar-refractivity contribution in [2.45, 2.75) is 39.4 Å². The van der Waals surface area contributed by atoms with Crippen molar-refractivity contribution in [3.8, 4) is 0 Å². The van der Waals surface area contributed by atoms with Gasteiger partial charge < -0.3 is 16.0 Å². The van der Waals surface area contributed by atoms with Crippen LogP contribution in [0.2, 0.25) is 0 Å². The van der Waals surface area contributed by atoms with Crippen LogP contribution in [0, 0.1) is 0 Å². The average Bonchev–Trinajstić information content (AvgIpc) is 1.85. The van der Waals surface area contributed by atoms with Crippen LogP contribution in [0.1, 0.15) is 27.7 Å². The Kier molecular flexibility index (Phi) is 9.28. The minimum atomic E-state index is -1.01. The Bertz CT molecular complexity index is 199. The zero-order valence-electron chi connectivity index (χ0n) is 9.16. The van der Waals surface area contributed by atoms with Gasteiger partial charge in [0, 0.05) is 5.57 Å². The maximum atomic E-state index is 11.0. The predicted molar refractivity (Wildman–Crippen MR) is 58.9 cm³/mol. The maximum Gasteiger partial charge on any atom is 0.333 e. The quantitative estimate of drug-likeness (QED) is 0.567. The van der Waals surface area contributed by atoms with Crippen LogP contribution in [0.5, 0.6) is 0 Å². The fourth-order valence-corrected chi connectivity index (χ4v) is 0.405. The van der Waals surface area contributed by atoms with Gasteiger partial charge in [-0.1, -0.05) is 6.58 Å². The summed E-state index contributed by atoms with van der Waals surface area (Å²) in [5.41, 5.74) is -0.670. The highest BCUT2D eigenvalue weighted by atomic mass is 35.5. The monoisotopic (exact) mass is 225 g/mol. The van der Waals surface area contributed by atoms with Gasteiger partial charge in [-0.25, -0.2) is 4.79 Å². The molecule has 0 aliphatic carbocycles. The number of carbonyl (C=O) groups is 1. The summed E-state index contributed by atoms with van der Waals surface area (Å²) in [6.07, 6.45) is -0.526. The Morgan fingerprint density at radius 2 is 1.86 bits per heavy atom. The predicted octanol–water partition coefficient (Wildman–Crippen LogP) is 1.85. The number of halogens is 1. The van der Waals surface area contributed by atoms with Crippen molar-refractivity contribution in [1.29, 1.82) is 0 Å². The van der Waals surface area contributed by atoms with Crippen molar-refractivity contribution in [2.75, 3.05) is 0 Å². The lowest BCUT2D eigenvalue weighted by atomic mass is 10.0. The smallest absolute Gasteiger partial charge is 0.333 e. The number of rotatable bonds is 3. The van der Waals surface area contributed by atoms with Crippen molar-refractivity contribution < 1.29 is 14.6 Å². The second-order valence-corrected chi connectivity index (χ2v) is 3.48. The van der Waals surface area contributed by atoms with Crippen LogP contribution in [0.25, 0.3) is 0 Å². The van der Waals surface area contributed by atoms with Crippen LogP contribution in [0.4, 0.5) is 0 Å². The van der Waals surface area contributed by atoms with Crippen LogP contribution in [-0.4, -0.2) is 22.8 Å². The zero-order chi connectivity index (χ0) is 9.94. The van der Waals surface area contributed by atoms with E-state index in [4.69, 9.17) is 4.74 Å². The first-order valence-corrected chi connectivity index (χ1v) is 3.84. The molecule has 0 bridgehead atoms. The molecule has 0 aliphatic rings. The SMILES string of the molecule is C=C(C)C(=O)OC(C)C(C)(C)O.Cl.N. The Morgan fingerprint density at radius 1 is 1.50 bits per heavy atom. The molecule has 0 rings (SSSR count). The molecule has 0 aliphatic heterocycles. The van der Waals surface area contributed by atoms with Crippen LogP contribution in [0.15, 0.2) is 12.2 Å². The van der Waals surface area contributed by atoms with Crippen molar-refractivity contribution >= 4 is 18.4 Å². The molecule has 4 N–H and O–H groups in total. The van der Waals surface area contributed by atoms with Gasteiger partial charge >= 0.3 is 5.97 Å². The molecule has 0 aromatic heterocycles. The maximum absolute atomic E-state index is 11.0. The van der Waals surface area contributed by atoms with Crippen molar-refractivity contribution in [3.05, 3.63) is 12.2 Å². The van der Waals surface area contributed by atoms with Crippen molar-refractivity contribution in [2.24, 2.45) is 0 Å². The molecule has 0 aromatic rings. The van der Waals surface area contributed by atoms with Crippen LogP contribution >= 0.6 is 12.4 Å². The summed E-state index contributed by atoms with van der Waals surface area (Å²) >= 11 is 0. The summed E-state index contributed by atoms with van der Waals surface area (Å²) in [6, 6.07) is 0. The number of aliphatic hydroxyl groups is 1. The molecule has 0 saturated heterocycles. The molecule has 1 atom stereocenters. The van der Waals surface area contributed by atoms with Gasteiger partial charge in [-0.15, -0.1) is 12.4 Å². The lowest BCUT2D eigenvalue weighted by molar-refractivity contribution is -0.154. The van der Waals surface area contributed by atoms with Crippen LogP contribution < -0.4 is 6.15 Å². The molecule has 0 aromatic carbocycles. The number of esters is 1.